The molecule has 5 nitrogen and oxygen atoms in total. The molecule has 0 bridgehead atoms. The van der Waals surface area contributed by atoms with Gasteiger partial charge in [0.25, 0.3) is 0 Å². The minimum atomic E-state index is -0.103. The van der Waals surface area contributed by atoms with Gasteiger partial charge < -0.3 is 5.32 Å². The Bertz CT molecular complexity index is 560. The van der Waals surface area contributed by atoms with Crippen LogP contribution in [0.25, 0.3) is 11.3 Å². The zero-order valence-corrected chi connectivity index (χ0v) is 12.5. The van der Waals surface area contributed by atoms with Crippen molar-refractivity contribution in [2.24, 2.45) is 0 Å². The van der Waals surface area contributed by atoms with Gasteiger partial charge in [-0.1, -0.05) is 27.7 Å². The highest BCUT2D eigenvalue weighted by Gasteiger charge is 2.19. The molecule has 0 fully saturated rings. The van der Waals surface area contributed by atoms with Crippen LogP contribution in [0.2, 0.25) is 0 Å². The molecule has 5 heteroatoms. The first-order chi connectivity index (χ1) is 9.50. The first-order valence-electron chi connectivity index (χ1n) is 6.89. The van der Waals surface area contributed by atoms with Gasteiger partial charge in [0.1, 0.15) is 18.0 Å². The van der Waals surface area contributed by atoms with E-state index in [9.17, 15) is 0 Å². The Labute approximate surface area is 119 Å². The summed E-state index contributed by atoms with van der Waals surface area (Å²) in [6.45, 7) is 9.35. The summed E-state index contributed by atoms with van der Waals surface area (Å²) in [7, 11) is 0. The van der Waals surface area contributed by atoms with Gasteiger partial charge in [0, 0.05) is 36.0 Å². The number of anilines is 1. The lowest BCUT2D eigenvalue weighted by Crippen LogP contribution is -2.18. The summed E-state index contributed by atoms with van der Waals surface area (Å²) in [5.41, 5.74) is 1.65. The lowest BCUT2D eigenvalue weighted by atomic mass is 9.95. The molecular formula is C15H21N5. The standard InChI is InChI=1S/C15H21N5/c1-5-6-18-13-7-12(11-8-16-10-17-9-11)19-14(20-13)15(2,3)4/h7-10H,5-6H2,1-4H3,(H,18,19,20). The molecule has 106 valence electrons. The van der Waals surface area contributed by atoms with E-state index in [1.54, 1.807) is 12.4 Å². The smallest absolute Gasteiger partial charge is 0.136 e. The monoisotopic (exact) mass is 271 g/mol. The van der Waals surface area contributed by atoms with Gasteiger partial charge in [-0.25, -0.2) is 19.9 Å². The van der Waals surface area contributed by atoms with Gasteiger partial charge in [0.15, 0.2) is 0 Å². The maximum absolute atomic E-state index is 4.65. The summed E-state index contributed by atoms with van der Waals surface area (Å²) in [6.07, 6.45) is 6.11. The summed E-state index contributed by atoms with van der Waals surface area (Å²) in [5, 5.41) is 3.33. The van der Waals surface area contributed by atoms with Gasteiger partial charge in [-0.15, -0.1) is 0 Å². The third-order valence-electron chi connectivity index (χ3n) is 2.81. The van der Waals surface area contributed by atoms with Gasteiger partial charge in [-0.3, -0.25) is 0 Å². The van der Waals surface area contributed by atoms with E-state index in [0.717, 1.165) is 35.9 Å². The molecule has 0 aliphatic carbocycles. The normalized spacial score (nSPS) is 11.4. The first kappa shape index (κ1) is 14.4. The fraction of sp³-hybridized carbons (Fsp3) is 0.467. The Hall–Kier alpha value is -2.04. The summed E-state index contributed by atoms with van der Waals surface area (Å²) in [4.78, 5) is 17.4. The van der Waals surface area contributed by atoms with E-state index >= 15 is 0 Å². The topological polar surface area (TPSA) is 63.6 Å². The molecule has 1 N–H and O–H groups in total. The number of nitrogens with one attached hydrogen (secondary N) is 1. The van der Waals surface area contributed by atoms with Gasteiger partial charge in [0.05, 0.1) is 5.69 Å². The largest absolute Gasteiger partial charge is 0.370 e. The SMILES string of the molecule is CCCNc1cc(-c2cncnc2)nc(C(C)(C)C)n1. The van der Waals surface area contributed by atoms with E-state index in [0.29, 0.717) is 0 Å². The summed E-state index contributed by atoms with van der Waals surface area (Å²) < 4.78 is 0. The fourth-order valence-corrected chi connectivity index (χ4v) is 1.71. The lowest BCUT2D eigenvalue weighted by Gasteiger charge is -2.19. The molecule has 20 heavy (non-hydrogen) atoms. The molecular weight excluding hydrogens is 250 g/mol. The Balaban J connectivity index is 2.46. The van der Waals surface area contributed by atoms with E-state index < -0.39 is 0 Å². The molecule has 0 aromatic carbocycles. The van der Waals surface area contributed by atoms with Crippen LogP contribution in [0, 0.1) is 0 Å². The van der Waals surface area contributed by atoms with Crippen molar-refractivity contribution in [2.75, 3.05) is 11.9 Å². The van der Waals surface area contributed by atoms with Crippen molar-refractivity contribution in [1.29, 1.82) is 0 Å². The van der Waals surface area contributed by atoms with E-state index in [-0.39, 0.29) is 5.41 Å². The zero-order chi connectivity index (χ0) is 14.6. The molecule has 2 rings (SSSR count). The van der Waals surface area contributed by atoms with Crippen molar-refractivity contribution in [3.05, 3.63) is 30.6 Å². The highest BCUT2D eigenvalue weighted by Crippen LogP contribution is 2.24. The van der Waals surface area contributed by atoms with Crippen molar-refractivity contribution in [2.45, 2.75) is 39.5 Å². The molecule has 2 heterocycles. The maximum Gasteiger partial charge on any atom is 0.136 e. The van der Waals surface area contributed by atoms with Crippen LogP contribution in [-0.4, -0.2) is 26.5 Å². The lowest BCUT2D eigenvalue weighted by molar-refractivity contribution is 0.546. The summed E-state index contributed by atoms with van der Waals surface area (Å²) in [6, 6.07) is 1.95. The summed E-state index contributed by atoms with van der Waals surface area (Å²) >= 11 is 0. The van der Waals surface area contributed by atoms with Crippen LogP contribution in [0.1, 0.15) is 39.9 Å². The second-order valence-corrected chi connectivity index (χ2v) is 5.77. The molecule has 0 amide bonds. The van der Waals surface area contributed by atoms with Gasteiger partial charge in [-0.2, -0.15) is 0 Å². The minimum Gasteiger partial charge on any atom is -0.370 e. The van der Waals surface area contributed by atoms with Crippen molar-refractivity contribution in [3.8, 4) is 11.3 Å². The first-order valence-corrected chi connectivity index (χ1v) is 6.89. The molecule has 0 saturated carbocycles. The van der Waals surface area contributed by atoms with Gasteiger partial charge in [0.2, 0.25) is 0 Å². The average molecular weight is 271 g/mol. The molecule has 0 atom stereocenters. The molecule has 0 aliphatic heterocycles. The van der Waals surface area contributed by atoms with Crippen LogP contribution in [0.5, 0.6) is 0 Å². The number of rotatable bonds is 4. The molecule has 0 aliphatic rings. The van der Waals surface area contributed by atoms with Crippen LogP contribution in [0.3, 0.4) is 0 Å². The van der Waals surface area contributed by atoms with Crippen LogP contribution >= 0.6 is 0 Å². The predicted molar refractivity (Wildman–Crippen MR) is 80.5 cm³/mol. The van der Waals surface area contributed by atoms with E-state index in [1.807, 2.05) is 6.07 Å². The Morgan fingerprint density at radius 1 is 1.10 bits per heavy atom. The molecule has 2 aromatic heterocycles. The van der Waals surface area contributed by atoms with Crippen molar-refractivity contribution in [1.82, 2.24) is 19.9 Å². The van der Waals surface area contributed by atoms with Crippen molar-refractivity contribution >= 4 is 5.82 Å². The fourth-order valence-electron chi connectivity index (χ4n) is 1.71. The number of nitrogens with zero attached hydrogens (tertiary/aromatic N) is 4. The van der Waals surface area contributed by atoms with Gasteiger partial charge >= 0.3 is 0 Å². The Kier molecular flexibility index (Phi) is 4.27. The molecule has 0 radical (unpaired) electrons. The maximum atomic E-state index is 4.65. The second kappa shape index (κ2) is 5.94. The number of hydrogen-bond acceptors (Lipinski definition) is 5. The highest BCUT2D eigenvalue weighted by atomic mass is 15.0. The molecule has 2 aromatic rings. The highest BCUT2D eigenvalue weighted by molar-refractivity contribution is 5.60. The molecule has 0 unspecified atom stereocenters. The molecule has 0 saturated heterocycles. The second-order valence-electron chi connectivity index (χ2n) is 5.77. The minimum absolute atomic E-state index is 0.103. The van der Waals surface area contributed by atoms with Crippen molar-refractivity contribution < 1.29 is 0 Å². The van der Waals surface area contributed by atoms with E-state index in [2.05, 4.69) is 52.9 Å². The van der Waals surface area contributed by atoms with Crippen LogP contribution in [0.15, 0.2) is 24.8 Å². The predicted octanol–water partition coefficient (Wildman–Crippen LogP) is 3.05. The quantitative estimate of drug-likeness (QED) is 0.926. The Morgan fingerprint density at radius 3 is 2.40 bits per heavy atom. The number of hydrogen-bond donors (Lipinski definition) is 1. The van der Waals surface area contributed by atoms with E-state index in [4.69, 9.17) is 0 Å². The zero-order valence-electron chi connectivity index (χ0n) is 12.5. The average Bonchev–Trinajstić information content (AvgIpc) is 2.45. The summed E-state index contributed by atoms with van der Waals surface area (Å²) in [5.74, 6) is 1.67. The van der Waals surface area contributed by atoms with Crippen LogP contribution in [0.4, 0.5) is 5.82 Å². The molecule has 0 spiro atoms. The van der Waals surface area contributed by atoms with E-state index in [1.165, 1.54) is 6.33 Å². The van der Waals surface area contributed by atoms with Crippen LogP contribution < -0.4 is 5.32 Å². The third-order valence-corrected chi connectivity index (χ3v) is 2.81. The number of aromatic nitrogens is 4. The third kappa shape index (κ3) is 3.50. The van der Waals surface area contributed by atoms with Crippen molar-refractivity contribution in [3.63, 3.8) is 0 Å². The van der Waals surface area contributed by atoms with Crippen LogP contribution in [-0.2, 0) is 5.41 Å². The Morgan fingerprint density at radius 2 is 1.80 bits per heavy atom. The van der Waals surface area contributed by atoms with Gasteiger partial charge in [-0.05, 0) is 6.42 Å².